The highest BCUT2D eigenvalue weighted by Crippen LogP contribution is 2.35. The quantitative estimate of drug-likeness (QED) is 0.791. The number of nitriles is 1. The molecule has 86 valence electrons. The fourth-order valence-electron chi connectivity index (χ4n) is 1.33. The third-order valence-corrected chi connectivity index (χ3v) is 2.03. The normalized spacial score (nSPS) is 10.0. The average Bonchev–Trinajstić information content (AvgIpc) is 2.28. The minimum Gasteiger partial charge on any atom is -0.491 e. The molecule has 1 aromatic rings. The molecule has 16 heavy (non-hydrogen) atoms. The second-order valence-corrected chi connectivity index (χ2v) is 2.87. The highest BCUT2D eigenvalue weighted by atomic mass is 19.3. The minimum absolute atomic E-state index is 0.0850. The third-order valence-electron chi connectivity index (χ3n) is 2.03. The van der Waals surface area contributed by atoms with Crippen LogP contribution in [-0.4, -0.2) is 19.2 Å². The van der Waals surface area contributed by atoms with Crippen molar-refractivity contribution in [3.8, 4) is 17.7 Å². The van der Waals surface area contributed by atoms with Crippen molar-refractivity contribution in [3.05, 3.63) is 17.3 Å². The molecule has 1 heterocycles. The summed E-state index contributed by atoms with van der Waals surface area (Å²) in [4.78, 5) is 3.70. The Morgan fingerprint density at radius 1 is 1.44 bits per heavy atom. The van der Waals surface area contributed by atoms with Gasteiger partial charge in [0.25, 0.3) is 12.3 Å². The van der Waals surface area contributed by atoms with E-state index in [9.17, 15) is 8.78 Å². The molecular weight excluding hydrogens is 218 g/mol. The predicted molar refractivity (Wildman–Crippen MR) is 51.6 cm³/mol. The summed E-state index contributed by atoms with van der Waals surface area (Å²) in [5, 5.41) is 8.60. The van der Waals surface area contributed by atoms with Gasteiger partial charge in [0.05, 0.1) is 26.7 Å². The number of pyridine rings is 1. The van der Waals surface area contributed by atoms with E-state index in [2.05, 4.69) is 4.98 Å². The molecule has 0 spiro atoms. The molecule has 0 amide bonds. The van der Waals surface area contributed by atoms with Gasteiger partial charge in [-0.15, -0.1) is 0 Å². The van der Waals surface area contributed by atoms with Crippen molar-refractivity contribution in [2.75, 3.05) is 14.2 Å². The van der Waals surface area contributed by atoms with Gasteiger partial charge < -0.3 is 9.47 Å². The predicted octanol–water partition coefficient (Wildman–Crippen LogP) is 2.10. The smallest absolute Gasteiger partial charge is 0.265 e. The van der Waals surface area contributed by atoms with Gasteiger partial charge in [0.2, 0.25) is 0 Å². The van der Waals surface area contributed by atoms with Gasteiger partial charge in [0.15, 0.2) is 5.75 Å². The van der Waals surface area contributed by atoms with E-state index < -0.39 is 6.43 Å². The van der Waals surface area contributed by atoms with Crippen LogP contribution >= 0.6 is 0 Å². The lowest BCUT2D eigenvalue weighted by atomic mass is 10.1. The standard InChI is InChI=1S/C10H10F2N2O2/c1-15-8-6(3-4-13)7(9(11)12)5-14-10(8)16-2/h5,9H,3H2,1-2H3. The zero-order valence-corrected chi connectivity index (χ0v) is 8.83. The molecule has 0 unspecified atom stereocenters. The first kappa shape index (κ1) is 12.2. The van der Waals surface area contributed by atoms with Crippen molar-refractivity contribution in [3.63, 3.8) is 0 Å². The van der Waals surface area contributed by atoms with E-state index in [0.717, 1.165) is 6.20 Å². The van der Waals surface area contributed by atoms with E-state index in [-0.39, 0.29) is 29.2 Å². The molecule has 0 fully saturated rings. The number of halogens is 2. The Hall–Kier alpha value is -1.90. The van der Waals surface area contributed by atoms with Gasteiger partial charge in [0, 0.05) is 17.3 Å². The van der Waals surface area contributed by atoms with Gasteiger partial charge in [-0.2, -0.15) is 5.26 Å². The molecule has 0 aliphatic carbocycles. The Kier molecular flexibility index (Phi) is 4.00. The molecule has 0 aromatic carbocycles. The first-order valence-corrected chi connectivity index (χ1v) is 4.40. The number of hydrogen-bond donors (Lipinski definition) is 0. The molecule has 0 N–H and O–H groups in total. The van der Waals surface area contributed by atoms with Crippen LogP contribution in [0.2, 0.25) is 0 Å². The van der Waals surface area contributed by atoms with Gasteiger partial charge in [-0.3, -0.25) is 0 Å². The number of aromatic nitrogens is 1. The van der Waals surface area contributed by atoms with Crippen LogP contribution in [0.4, 0.5) is 8.78 Å². The lowest BCUT2D eigenvalue weighted by Crippen LogP contribution is -2.03. The summed E-state index contributed by atoms with van der Waals surface area (Å²) in [5.74, 6) is 0.180. The van der Waals surface area contributed by atoms with Crippen LogP contribution in [0.1, 0.15) is 17.6 Å². The Morgan fingerprint density at radius 3 is 2.56 bits per heavy atom. The lowest BCUT2D eigenvalue weighted by molar-refractivity contribution is 0.149. The number of hydrogen-bond acceptors (Lipinski definition) is 4. The summed E-state index contributed by atoms with van der Waals surface area (Å²) >= 11 is 0. The second-order valence-electron chi connectivity index (χ2n) is 2.87. The highest BCUT2D eigenvalue weighted by molar-refractivity contribution is 5.47. The first-order valence-electron chi connectivity index (χ1n) is 4.40. The van der Waals surface area contributed by atoms with Gasteiger partial charge in [-0.25, -0.2) is 13.8 Å². The SMILES string of the molecule is COc1ncc(C(F)F)c(CC#N)c1OC. The molecule has 0 bridgehead atoms. The molecule has 0 saturated carbocycles. The van der Waals surface area contributed by atoms with Crippen molar-refractivity contribution < 1.29 is 18.3 Å². The van der Waals surface area contributed by atoms with Crippen molar-refractivity contribution in [1.29, 1.82) is 5.26 Å². The van der Waals surface area contributed by atoms with Gasteiger partial charge >= 0.3 is 0 Å². The minimum atomic E-state index is -2.70. The number of methoxy groups -OCH3 is 2. The summed E-state index contributed by atoms with van der Waals surface area (Å²) in [5.41, 5.74) is -0.189. The summed E-state index contributed by atoms with van der Waals surface area (Å²) in [6.45, 7) is 0. The van der Waals surface area contributed by atoms with Gasteiger partial charge in [-0.05, 0) is 0 Å². The zero-order chi connectivity index (χ0) is 12.1. The maximum absolute atomic E-state index is 12.7. The van der Waals surface area contributed by atoms with Crippen LogP contribution < -0.4 is 9.47 Å². The topological polar surface area (TPSA) is 55.1 Å². The fourth-order valence-corrected chi connectivity index (χ4v) is 1.33. The maximum Gasteiger partial charge on any atom is 0.265 e. The molecule has 0 radical (unpaired) electrons. The van der Waals surface area contributed by atoms with Crippen molar-refractivity contribution in [2.45, 2.75) is 12.8 Å². The largest absolute Gasteiger partial charge is 0.491 e. The number of ether oxygens (including phenoxy) is 2. The van der Waals surface area contributed by atoms with Crippen LogP contribution in [0.15, 0.2) is 6.20 Å². The molecule has 6 heteroatoms. The van der Waals surface area contributed by atoms with Crippen molar-refractivity contribution in [2.24, 2.45) is 0 Å². The Balaban J connectivity index is 3.38. The second kappa shape index (κ2) is 5.26. The lowest BCUT2D eigenvalue weighted by Gasteiger charge is -2.13. The Morgan fingerprint density at radius 2 is 2.12 bits per heavy atom. The fraction of sp³-hybridized carbons (Fsp3) is 0.400. The number of alkyl halides is 2. The van der Waals surface area contributed by atoms with E-state index >= 15 is 0 Å². The molecule has 0 aliphatic heterocycles. The van der Waals surface area contributed by atoms with Crippen molar-refractivity contribution >= 4 is 0 Å². The Labute approximate surface area is 91.4 Å². The number of rotatable bonds is 4. The van der Waals surface area contributed by atoms with Gasteiger partial charge in [0.1, 0.15) is 0 Å². The van der Waals surface area contributed by atoms with Crippen LogP contribution in [0.25, 0.3) is 0 Å². The highest BCUT2D eigenvalue weighted by Gasteiger charge is 2.21. The van der Waals surface area contributed by atoms with Crippen molar-refractivity contribution in [1.82, 2.24) is 4.98 Å². The summed E-state index contributed by atoms with van der Waals surface area (Å²) in [7, 11) is 2.67. The Bertz CT molecular complexity index is 416. The molecule has 0 saturated heterocycles. The van der Waals surface area contributed by atoms with E-state index in [4.69, 9.17) is 14.7 Å². The van der Waals surface area contributed by atoms with Crippen LogP contribution in [0.5, 0.6) is 11.6 Å². The first-order chi connectivity index (χ1) is 7.65. The van der Waals surface area contributed by atoms with E-state index in [1.807, 2.05) is 6.07 Å². The molecular formula is C10H10F2N2O2. The third kappa shape index (κ3) is 2.19. The van der Waals surface area contributed by atoms with Crippen LogP contribution in [-0.2, 0) is 6.42 Å². The molecule has 0 aliphatic rings. The van der Waals surface area contributed by atoms with Gasteiger partial charge in [-0.1, -0.05) is 0 Å². The maximum atomic E-state index is 12.7. The number of nitrogens with zero attached hydrogens (tertiary/aromatic N) is 2. The van der Waals surface area contributed by atoms with Crippen LogP contribution in [0.3, 0.4) is 0 Å². The molecule has 4 nitrogen and oxygen atoms in total. The van der Waals surface area contributed by atoms with E-state index in [0.29, 0.717) is 0 Å². The van der Waals surface area contributed by atoms with Crippen LogP contribution in [0, 0.1) is 11.3 Å². The monoisotopic (exact) mass is 228 g/mol. The summed E-state index contributed by atoms with van der Waals surface area (Å²) < 4.78 is 35.1. The zero-order valence-electron chi connectivity index (χ0n) is 8.83. The van der Waals surface area contributed by atoms with E-state index in [1.54, 1.807) is 0 Å². The average molecular weight is 228 g/mol. The summed E-state index contributed by atoms with van der Waals surface area (Å²) in [6.07, 6.45) is -1.88. The summed E-state index contributed by atoms with van der Waals surface area (Å²) in [6, 6.07) is 1.81. The molecule has 0 atom stereocenters. The molecule has 1 rings (SSSR count). The van der Waals surface area contributed by atoms with E-state index in [1.165, 1.54) is 14.2 Å². The molecule has 1 aromatic heterocycles.